The van der Waals surface area contributed by atoms with E-state index in [1.165, 1.54) is 7.11 Å². The molecule has 0 atom stereocenters. The van der Waals surface area contributed by atoms with E-state index in [9.17, 15) is 10.0 Å². The number of nitrogens with zero attached hydrogens (tertiary/aromatic N) is 2. The highest BCUT2D eigenvalue weighted by Gasteiger charge is 2.11. The number of anilines is 1. The van der Waals surface area contributed by atoms with Gasteiger partial charge in [-0.3, -0.25) is 0 Å². The molecular weight excluding hydrogens is 334 g/mol. The van der Waals surface area contributed by atoms with Crippen LogP contribution >= 0.6 is 0 Å². The molecular formula is C19H18N3O4-. The molecule has 0 fully saturated rings. The van der Waals surface area contributed by atoms with E-state index in [1.54, 1.807) is 42.4 Å². The number of nitrogens with one attached hydrogen (secondary N) is 1. The molecule has 1 N–H and O–H groups in total. The van der Waals surface area contributed by atoms with Crippen molar-refractivity contribution in [2.75, 3.05) is 19.7 Å². The van der Waals surface area contributed by atoms with E-state index in [0.717, 1.165) is 16.7 Å². The summed E-state index contributed by atoms with van der Waals surface area (Å²) in [5.41, 5.74) is 5.37. The van der Waals surface area contributed by atoms with Gasteiger partial charge < -0.3 is 24.7 Å². The van der Waals surface area contributed by atoms with Crippen LogP contribution in [0.4, 0.5) is 5.69 Å². The molecule has 0 unspecified atom stereocenters. The first kappa shape index (κ1) is 17.5. The van der Waals surface area contributed by atoms with Crippen molar-refractivity contribution in [1.82, 2.24) is 9.55 Å². The van der Waals surface area contributed by atoms with Crippen LogP contribution in [0.25, 0.3) is 11.1 Å². The van der Waals surface area contributed by atoms with E-state index in [2.05, 4.69) is 9.72 Å². The Kier molecular flexibility index (Phi) is 5.19. The number of esters is 1. The SMILES string of the molecule is COC(=O)c1cn(Cc2ccc(OC)c(-c3cccc(N[O-])c3)c2)cn1. The molecule has 0 aliphatic carbocycles. The molecule has 3 aromatic rings. The Balaban J connectivity index is 1.92. The van der Waals surface area contributed by atoms with Crippen molar-refractivity contribution in [2.45, 2.75) is 6.54 Å². The number of rotatable bonds is 6. The average molecular weight is 352 g/mol. The highest BCUT2D eigenvalue weighted by Crippen LogP contribution is 2.32. The average Bonchev–Trinajstić information content (AvgIpc) is 3.15. The molecule has 7 nitrogen and oxygen atoms in total. The van der Waals surface area contributed by atoms with Crippen LogP contribution in [-0.2, 0) is 11.3 Å². The maximum Gasteiger partial charge on any atom is 0.358 e. The van der Waals surface area contributed by atoms with E-state index in [4.69, 9.17) is 4.74 Å². The zero-order chi connectivity index (χ0) is 18.5. The molecule has 0 radical (unpaired) electrons. The van der Waals surface area contributed by atoms with Crippen LogP contribution in [-0.4, -0.2) is 29.7 Å². The number of carbonyl (C=O) groups excluding carboxylic acids is 1. The second kappa shape index (κ2) is 7.71. The van der Waals surface area contributed by atoms with Crippen LogP contribution in [0, 0.1) is 5.21 Å². The first-order chi connectivity index (χ1) is 12.6. The fourth-order valence-corrected chi connectivity index (χ4v) is 2.70. The van der Waals surface area contributed by atoms with Crippen molar-refractivity contribution in [1.29, 1.82) is 0 Å². The number of aromatic nitrogens is 2. The molecule has 1 aromatic heterocycles. The molecule has 1 heterocycles. The Bertz CT molecular complexity index is 921. The lowest BCUT2D eigenvalue weighted by atomic mass is 10.0. The number of ether oxygens (including phenoxy) is 2. The first-order valence-electron chi connectivity index (χ1n) is 7.90. The number of hydrogen-bond acceptors (Lipinski definition) is 6. The van der Waals surface area contributed by atoms with Crippen molar-refractivity contribution in [3.8, 4) is 16.9 Å². The molecule has 3 rings (SSSR count). The predicted octanol–water partition coefficient (Wildman–Crippen LogP) is 3.30. The van der Waals surface area contributed by atoms with Gasteiger partial charge in [-0.15, -0.1) is 0 Å². The predicted molar refractivity (Wildman–Crippen MR) is 98.1 cm³/mol. The highest BCUT2D eigenvalue weighted by atomic mass is 16.5. The smallest absolute Gasteiger partial charge is 0.358 e. The summed E-state index contributed by atoms with van der Waals surface area (Å²) in [7, 11) is 2.93. The lowest BCUT2D eigenvalue weighted by Crippen LogP contribution is -2.02. The van der Waals surface area contributed by atoms with Crippen molar-refractivity contribution in [3.63, 3.8) is 0 Å². The molecule has 0 amide bonds. The van der Waals surface area contributed by atoms with Gasteiger partial charge in [-0.1, -0.05) is 18.2 Å². The normalized spacial score (nSPS) is 10.4. The number of hydrogen-bond donors (Lipinski definition) is 1. The van der Waals surface area contributed by atoms with Gasteiger partial charge in [0, 0.05) is 24.0 Å². The number of methoxy groups -OCH3 is 2. The molecule has 0 bridgehead atoms. The molecule has 0 saturated heterocycles. The van der Waals surface area contributed by atoms with Crippen molar-refractivity contribution < 1.29 is 14.3 Å². The maximum absolute atomic E-state index is 11.5. The number of imidazole rings is 1. The molecule has 0 saturated carbocycles. The summed E-state index contributed by atoms with van der Waals surface area (Å²) in [4.78, 5) is 15.6. The van der Waals surface area contributed by atoms with Gasteiger partial charge in [0.05, 0.1) is 20.5 Å². The van der Waals surface area contributed by atoms with Crippen LogP contribution in [0.3, 0.4) is 0 Å². The van der Waals surface area contributed by atoms with Gasteiger partial charge in [0.25, 0.3) is 0 Å². The monoisotopic (exact) mass is 352 g/mol. The Labute approximate surface area is 150 Å². The second-order valence-corrected chi connectivity index (χ2v) is 5.64. The van der Waals surface area contributed by atoms with Gasteiger partial charge in [-0.25, -0.2) is 9.78 Å². The minimum absolute atomic E-state index is 0.260. The Morgan fingerprint density at radius 3 is 2.81 bits per heavy atom. The zero-order valence-electron chi connectivity index (χ0n) is 14.4. The van der Waals surface area contributed by atoms with Crippen LogP contribution < -0.4 is 10.2 Å². The Morgan fingerprint density at radius 2 is 2.08 bits per heavy atom. The van der Waals surface area contributed by atoms with Gasteiger partial charge in [-0.2, -0.15) is 0 Å². The summed E-state index contributed by atoms with van der Waals surface area (Å²) >= 11 is 0. The fraction of sp³-hybridized carbons (Fsp3) is 0.158. The van der Waals surface area contributed by atoms with Gasteiger partial charge in [-0.05, 0) is 35.4 Å². The van der Waals surface area contributed by atoms with Gasteiger partial charge in [0.15, 0.2) is 5.69 Å². The van der Waals surface area contributed by atoms with E-state index < -0.39 is 5.97 Å². The topological polar surface area (TPSA) is 88.4 Å². The molecule has 0 aliphatic rings. The molecule has 2 aromatic carbocycles. The van der Waals surface area contributed by atoms with Crippen LogP contribution in [0.2, 0.25) is 0 Å². The fourth-order valence-electron chi connectivity index (χ4n) is 2.70. The summed E-state index contributed by atoms with van der Waals surface area (Å²) in [6.45, 7) is 0.528. The molecule has 0 aliphatic heterocycles. The van der Waals surface area contributed by atoms with Crippen molar-refractivity contribution in [3.05, 3.63) is 71.5 Å². The second-order valence-electron chi connectivity index (χ2n) is 5.64. The van der Waals surface area contributed by atoms with Gasteiger partial charge in [0.2, 0.25) is 0 Å². The van der Waals surface area contributed by atoms with Crippen LogP contribution in [0.1, 0.15) is 16.1 Å². The van der Waals surface area contributed by atoms with Crippen molar-refractivity contribution >= 4 is 11.7 Å². The molecule has 0 spiro atoms. The van der Waals surface area contributed by atoms with Crippen LogP contribution in [0.15, 0.2) is 55.0 Å². The maximum atomic E-state index is 11.5. The van der Waals surface area contributed by atoms with E-state index in [0.29, 0.717) is 18.0 Å². The summed E-state index contributed by atoms with van der Waals surface area (Å²) < 4.78 is 11.9. The lowest BCUT2D eigenvalue weighted by molar-refractivity contribution is 0.0594. The molecule has 26 heavy (non-hydrogen) atoms. The van der Waals surface area contributed by atoms with Gasteiger partial charge >= 0.3 is 5.97 Å². The summed E-state index contributed by atoms with van der Waals surface area (Å²) in [5.74, 6) is 0.235. The van der Waals surface area contributed by atoms with E-state index in [1.807, 2.05) is 29.7 Å². The first-order valence-corrected chi connectivity index (χ1v) is 7.90. The van der Waals surface area contributed by atoms with E-state index in [-0.39, 0.29) is 5.69 Å². The van der Waals surface area contributed by atoms with Crippen molar-refractivity contribution in [2.24, 2.45) is 0 Å². The van der Waals surface area contributed by atoms with E-state index >= 15 is 0 Å². The summed E-state index contributed by atoms with van der Waals surface area (Å²) in [6, 6.07) is 13.0. The minimum atomic E-state index is -0.471. The highest BCUT2D eigenvalue weighted by molar-refractivity contribution is 5.86. The molecule has 134 valence electrons. The number of carbonyl (C=O) groups is 1. The third kappa shape index (κ3) is 3.68. The molecule has 7 heteroatoms. The number of benzene rings is 2. The minimum Gasteiger partial charge on any atom is -0.761 e. The Morgan fingerprint density at radius 1 is 1.23 bits per heavy atom. The summed E-state index contributed by atoms with van der Waals surface area (Å²) in [6.07, 6.45) is 3.22. The largest absolute Gasteiger partial charge is 0.761 e. The quantitative estimate of drug-likeness (QED) is 0.541. The summed E-state index contributed by atoms with van der Waals surface area (Å²) in [5, 5.41) is 10.9. The standard InChI is InChI=1S/C19H18N3O4/c1-25-18-7-6-13(10-22-11-17(20-12-22)19(23)26-2)8-16(18)14-4-3-5-15(9-14)21-24/h3-9,11-12,21H,10H2,1-2H3/q-1. The Hall–Kier alpha value is -3.32. The third-order valence-electron chi connectivity index (χ3n) is 3.95. The third-order valence-corrected chi connectivity index (χ3v) is 3.95. The van der Waals surface area contributed by atoms with Crippen LogP contribution in [0.5, 0.6) is 5.75 Å². The lowest BCUT2D eigenvalue weighted by Gasteiger charge is -2.14. The van der Waals surface area contributed by atoms with Gasteiger partial charge in [0.1, 0.15) is 5.75 Å². The zero-order valence-corrected chi connectivity index (χ0v) is 14.4.